The predicted molar refractivity (Wildman–Crippen MR) is 399 cm³/mol. The molecule has 2 nitrogen and oxygen atoms in total. The third kappa shape index (κ3) is 10.2. The van der Waals surface area contributed by atoms with Crippen LogP contribution < -0.4 is 5.46 Å². The van der Waals surface area contributed by atoms with Crippen LogP contribution in [-0.4, -0.2) is 17.2 Å². The summed E-state index contributed by atoms with van der Waals surface area (Å²) < 4.78 is 1.11. The molecule has 18 aromatic carbocycles. The molecule has 18 rings (SSSR count). The molecule has 0 fully saturated rings. The van der Waals surface area contributed by atoms with Gasteiger partial charge in [-0.1, -0.05) is 331 Å². The quantitative estimate of drug-likeness (QED) is 0.0990. The number of halogens is 1. The summed E-state index contributed by atoms with van der Waals surface area (Å²) in [6.45, 7) is 0. The molecule has 432 valence electrons. The molecule has 92 heavy (non-hydrogen) atoms. The Morgan fingerprint density at radius 1 is 0.196 bits per heavy atom. The van der Waals surface area contributed by atoms with Crippen LogP contribution in [0.5, 0.6) is 0 Å². The van der Waals surface area contributed by atoms with Crippen LogP contribution in [0.15, 0.2) is 344 Å². The van der Waals surface area contributed by atoms with Crippen molar-refractivity contribution in [3.05, 3.63) is 344 Å². The van der Waals surface area contributed by atoms with Gasteiger partial charge < -0.3 is 10.0 Å². The van der Waals surface area contributed by atoms with Gasteiger partial charge in [-0.2, -0.15) is 0 Å². The maximum Gasteiger partial charge on any atom is 0.489 e. The summed E-state index contributed by atoms with van der Waals surface area (Å²) >= 11 is 3.49. The topological polar surface area (TPSA) is 40.5 Å². The highest BCUT2D eigenvalue weighted by atomic mass is 79.9. The fraction of sp³-hybridized carbons (Fsp3) is 0. The van der Waals surface area contributed by atoms with E-state index in [0.29, 0.717) is 5.46 Å². The molecule has 2 N–H and O–H groups in total. The van der Waals surface area contributed by atoms with Crippen LogP contribution in [0.25, 0.3) is 163 Å². The summed E-state index contributed by atoms with van der Waals surface area (Å²) in [6, 6.07) is 121. The molecule has 0 aromatic heterocycles. The van der Waals surface area contributed by atoms with E-state index >= 15 is 0 Å². The van der Waals surface area contributed by atoms with Crippen molar-refractivity contribution in [2.45, 2.75) is 0 Å². The Balaban J connectivity index is 0.000000119. The molecule has 0 saturated heterocycles. The van der Waals surface area contributed by atoms with Crippen molar-refractivity contribution in [3.8, 4) is 55.6 Å². The molecule has 0 unspecified atom stereocenters. The lowest BCUT2D eigenvalue weighted by Crippen LogP contribution is -2.31. The van der Waals surface area contributed by atoms with Crippen LogP contribution in [-0.2, 0) is 0 Å². The van der Waals surface area contributed by atoms with Crippen molar-refractivity contribution < 1.29 is 10.0 Å². The van der Waals surface area contributed by atoms with E-state index in [0.717, 1.165) is 37.1 Å². The highest BCUT2D eigenvalue weighted by molar-refractivity contribution is 9.10. The van der Waals surface area contributed by atoms with Gasteiger partial charge >= 0.3 is 7.12 Å². The van der Waals surface area contributed by atoms with E-state index in [1.54, 1.807) is 0 Å². The van der Waals surface area contributed by atoms with Gasteiger partial charge in [0.2, 0.25) is 0 Å². The third-order valence-corrected chi connectivity index (χ3v) is 19.0. The molecule has 0 radical (unpaired) electrons. The van der Waals surface area contributed by atoms with Gasteiger partial charge in [0.05, 0.1) is 0 Å². The van der Waals surface area contributed by atoms with E-state index in [1.165, 1.54) is 131 Å². The summed E-state index contributed by atoms with van der Waals surface area (Å²) in [5.74, 6) is 0. The van der Waals surface area contributed by atoms with Crippen LogP contribution in [0.1, 0.15) is 0 Å². The zero-order chi connectivity index (χ0) is 61.7. The van der Waals surface area contributed by atoms with Crippen LogP contribution >= 0.6 is 15.9 Å². The first-order valence-electron chi connectivity index (χ1n) is 31.3. The van der Waals surface area contributed by atoms with Crippen LogP contribution in [0.2, 0.25) is 0 Å². The molecule has 0 aliphatic carbocycles. The summed E-state index contributed by atoms with van der Waals surface area (Å²) in [5.41, 5.74) is 12.9. The highest BCUT2D eigenvalue weighted by Crippen LogP contribution is 2.46. The van der Waals surface area contributed by atoms with Crippen molar-refractivity contribution in [2.75, 3.05) is 0 Å². The van der Waals surface area contributed by atoms with Crippen molar-refractivity contribution >= 4 is 136 Å². The lowest BCUT2D eigenvalue weighted by atomic mass is 9.72. The normalized spacial score (nSPS) is 11.4. The van der Waals surface area contributed by atoms with Gasteiger partial charge in [-0.15, -0.1) is 0 Å². The Morgan fingerprint density at radius 3 is 0.848 bits per heavy atom. The Morgan fingerprint density at radius 2 is 0.457 bits per heavy atom. The van der Waals surface area contributed by atoms with Crippen LogP contribution in [0, 0.1) is 0 Å². The second kappa shape index (κ2) is 24.1. The first-order chi connectivity index (χ1) is 45.4. The van der Waals surface area contributed by atoms with Gasteiger partial charge in [-0.3, -0.25) is 0 Å². The average molecular weight is 1240 g/mol. The Kier molecular flexibility index (Phi) is 14.7. The van der Waals surface area contributed by atoms with Gasteiger partial charge in [-0.25, -0.2) is 0 Å². The summed E-state index contributed by atoms with van der Waals surface area (Å²) in [6.07, 6.45) is 0. The van der Waals surface area contributed by atoms with Crippen molar-refractivity contribution in [2.24, 2.45) is 0 Å². The van der Waals surface area contributed by atoms with Gasteiger partial charge in [-0.05, 0) is 193 Å². The van der Waals surface area contributed by atoms with E-state index in [9.17, 15) is 10.0 Å². The first-order valence-corrected chi connectivity index (χ1v) is 32.1. The second-order valence-corrected chi connectivity index (χ2v) is 24.6. The largest absolute Gasteiger partial charge is 0.489 e. The van der Waals surface area contributed by atoms with E-state index in [2.05, 4.69) is 313 Å². The maximum atomic E-state index is 10.1. The van der Waals surface area contributed by atoms with E-state index in [-0.39, 0.29) is 0 Å². The lowest BCUT2D eigenvalue weighted by Gasteiger charge is -2.19. The molecule has 0 aliphatic heterocycles. The summed E-state index contributed by atoms with van der Waals surface area (Å²) in [5, 5.41) is 44.4. The fourth-order valence-electron chi connectivity index (χ4n) is 14.2. The Labute approximate surface area is 542 Å². The predicted octanol–water partition coefficient (Wildman–Crippen LogP) is 23.4. The molecule has 0 heterocycles. The average Bonchev–Trinajstić information content (AvgIpc) is 0.763. The van der Waals surface area contributed by atoms with Crippen LogP contribution in [0.3, 0.4) is 0 Å². The SMILES string of the molecule is Brc1ccc(-c2ccc3ccc4ccccc4c3c2)cc1.OB(O)c1c2ccccc2c(-c2cccc3ccccc23)c2ccccc12.c1ccc2c(-c3c4ccccc4c(-c4ccc(-c5ccc6ccc7ccccc7c6c5)cc4)c4ccccc34)cccc2c1. The molecule has 0 aliphatic rings. The molecular weight excluding hydrogens is 1180 g/mol. The summed E-state index contributed by atoms with van der Waals surface area (Å²) in [7, 11) is -1.53. The molecule has 0 saturated carbocycles. The van der Waals surface area contributed by atoms with E-state index in [1.807, 2.05) is 42.5 Å². The smallest absolute Gasteiger partial charge is 0.423 e. The molecule has 0 bridgehead atoms. The van der Waals surface area contributed by atoms with Gasteiger partial charge in [0.1, 0.15) is 0 Å². The minimum Gasteiger partial charge on any atom is -0.423 e. The fourth-order valence-corrected chi connectivity index (χ4v) is 14.4. The third-order valence-electron chi connectivity index (χ3n) is 18.5. The van der Waals surface area contributed by atoms with Crippen molar-refractivity contribution in [3.63, 3.8) is 0 Å². The second-order valence-electron chi connectivity index (χ2n) is 23.7. The first kappa shape index (κ1) is 56.3. The number of hydrogen-bond donors (Lipinski definition) is 2. The molecule has 0 atom stereocenters. The van der Waals surface area contributed by atoms with E-state index in [4.69, 9.17) is 0 Å². The van der Waals surface area contributed by atoms with Crippen LogP contribution in [0.4, 0.5) is 0 Å². The molecule has 0 amide bonds. The zero-order valence-electron chi connectivity index (χ0n) is 50.2. The van der Waals surface area contributed by atoms with Gasteiger partial charge in [0.15, 0.2) is 0 Å². The Hall–Kier alpha value is -11.0. The molecule has 0 spiro atoms. The summed E-state index contributed by atoms with van der Waals surface area (Å²) in [4.78, 5) is 0. The van der Waals surface area contributed by atoms with Gasteiger partial charge in [0.25, 0.3) is 0 Å². The Bertz CT molecular complexity index is 5750. The number of hydrogen-bond acceptors (Lipinski definition) is 2. The minimum absolute atomic E-state index is 0.560. The van der Waals surface area contributed by atoms with Gasteiger partial charge in [0, 0.05) is 4.47 Å². The minimum atomic E-state index is -1.53. The van der Waals surface area contributed by atoms with E-state index < -0.39 is 7.12 Å². The standard InChI is InChI=1S/C44H28.C24H17BO2.C20H13Br/c1-3-13-35-30(10-1)12-9-19-37(35)44-40-17-7-5-15-38(40)43(39-16-6-8-18-41(39)44)33-25-20-29(21-26-33)34-27-24-32-23-22-31-11-2-4-14-36(31)42(32)28-34;26-25(27)24-21-13-5-3-11-19(21)23(20-12-4-6-14-22(20)24)18-15-7-9-16-8-1-2-10-17(16)18;21-18-11-9-14(10-12-18)17-8-7-16-6-5-15-3-1-2-4-19(15)20(16)13-17/h1-28H;1-15,26-27H;1-13H. The monoisotopic (exact) mass is 1240 g/mol. The highest BCUT2D eigenvalue weighted by Gasteiger charge is 2.23. The van der Waals surface area contributed by atoms with Crippen molar-refractivity contribution in [1.29, 1.82) is 0 Å². The number of rotatable bonds is 6. The molecule has 18 aromatic rings. The molecule has 4 heteroatoms. The number of fused-ring (bicyclic) bond motifs is 12. The lowest BCUT2D eigenvalue weighted by molar-refractivity contribution is 0.426. The molecular formula is C88H58BBrO2. The number of benzene rings is 18. The van der Waals surface area contributed by atoms with Crippen molar-refractivity contribution in [1.82, 2.24) is 0 Å². The zero-order valence-corrected chi connectivity index (χ0v) is 51.8. The maximum absolute atomic E-state index is 10.1.